The molecule has 1 heterocycles. The zero-order chi connectivity index (χ0) is 104. The molecular formula is C89H138N30O20S2. The highest BCUT2D eigenvalue weighted by atomic mass is 32.1. The van der Waals surface area contributed by atoms with Gasteiger partial charge in [-0.2, -0.15) is 25.3 Å². The van der Waals surface area contributed by atoms with Crippen molar-refractivity contribution in [2.24, 2.45) is 45.9 Å². The molecule has 0 radical (unpaired) electrons. The molecule has 0 unspecified atom stereocenters. The van der Waals surface area contributed by atoms with E-state index in [4.69, 9.17) is 67.5 Å². The van der Waals surface area contributed by atoms with Crippen LogP contribution in [0.25, 0.3) is 10.8 Å². The van der Waals surface area contributed by atoms with Crippen molar-refractivity contribution in [3.63, 3.8) is 0 Å². The van der Waals surface area contributed by atoms with Crippen molar-refractivity contribution in [1.82, 2.24) is 95.3 Å². The number of nitrogens with zero attached hydrogens (tertiary/aromatic N) is 1. The quantitative estimate of drug-likeness (QED) is 0.00847. The topological polar surface area (TPSA) is 865 Å². The molecule has 0 bridgehead atoms. The molecule has 14 atom stereocenters. The number of nitrogens with one attached hydrogen (secondary N) is 21. The molecule has 1 aliphatic heterocycles. The van der Waals surface area contributed by atoms with Crippen LogP contribution in [0.15, 0.2) is 91.0 Å². The highest BCUT2D eigenvalue weighted by molar-refractivity contribution is 7.80. The maximum absolute atomic E-state index is 15.3. The number of likely N-dealkylation sites (tertiary alicyclic amines) is 1. The second-order valence-electron chi connectivity index (χ2n) is 33.7. The first-order valence-corrected chi connectivity index (χ1v) is 47.6. The minimum atomic E-state index is -1.83. The number of carbonyl (C=O) groups excluding carboxylic acids is 14. The highest BCUT2D eigenvalue weighted by Crippen LogP contribution is 2.24. The van der Waals surface area contributed by atoms with E-state index in [1.807, 2.05) is 18.2 Å². The number of aromatic hydroxyl groups is 2. The van der Waals surface area contributed by atoms with Crippen LogP contribution in [-0.4, -0.2) is 292 Å². The number of urea groups is 1. The second-order valence-corrected chi connectivity index (χ2v) is 34.5. The number of benzene rings is 4. The minimum Gasteiger partial charge on any atom is -0.508 e. The fraction of sp³-hybridized carbons (Fsp3) is 0.528. The van der Waals surface area contributed by atoms with Crippen LogP contribution >= 0.6 is 25.3 Å². The lowest BCUT2D eigenvalue weighted by atomic mass is 10.00. The monoisotopic (exact) mass is 2010 g/mol. The van der Waals surface area contributed by atoms with Gasteiger partial charge in [0.05, 0.1) is 6.04 Å². The van der Waals surface area contributed by atoms with E-state index in [2.05, 4.69) is 116 Å². The van der Waals surface area contributed by atoms with E-state index >= 15 is 24.0 Å². The number of guanidine groups is 4. The smallest absolute Gasteiger partial charge is 0.326 e. The predicted octanol–water partition coefficient (Wildman–Crippen LogP) is -6.02. The van der Waals surface area contributed by atoms with Crippen LogP contribution in [-0.2, 0) is 91.2 Å². The van der Waals surface area contributed by atoms with Crippen molar-refractivity contribution in [3.05, 3.63) is 108 Å². The Balaban J connectivity index is 1.46. The number of amides is 15. The van der Waals surface area contributed by atoms with Gasteiger partial charge in [0, 0.05) is 76.5 Å². The van der Waals surface area contributed by atoms with Crippen LogP contribution < -0.4 is 136 Å². The maximum Gasteiger partial charge on any atom is 0.326 e. The van der Waals surface area contributed by atoms with Gasteiger partial charge in [0.25, 0.3) is 0 Å². The minimum absolute atomic E-state index is 0.00914. The Kier molecular flexibility index (Phi) is 52.1. The Labute approximate surface area is 825 Å². The van der Waals surface area contributed by atoms with Crippen LogP contribution in [0.2, 0.25) is 0 Å². The number of primary amides is 1. The zero-order valence-electron chi connectivity index (χ0n) is 78.4. The molecule has 0 aliphatic carbocycles. The number of aliphatic carboxylic acids is 2. The van der Waals surface area contributed by atoms with Crippen molar-refractivity contribution in [3.8, 4) is 11.5 Å². The average molecular weight is 2010 g/mol. The molecule has 4 aromatic carbocycles. The average Bonchev–Trinajstić information content (AvgIpc) is 1.70. The van der Waals surface area contributed by atoms with Crippen molar-refractivity contribution in [1.29, 1.82) is 21.6 Å². The fourth-order valence-electron chi connectivity index (χ4n) is 15.0. The summed E-state index contributed by atoms with van der Waals surface area (Å²) < 4.78 is 0. The summed E-state index contributed by atoms with van der Waals surface area (Å²) >= 11 is 8.64. The molecule has 5 rings (SSSR count). The number of carboxylic acid groups (broad SMARTS) is 2. The van der Waals surface area contributed by atoms with Crippen molar-refractivity contribution < 1.29 is 97.1 Å². The van der Waals surface area contributed by atoms with Gasteiger partial charge < -0.3 is 162 Å². The number of rotatable bonds is 65. The van der Waals surface area contributed by atoms with Gasteiger partial charge in [-0.15, -0.1) is 0 Å². The van der Waals surface area contributed by atoms with Crippen LogP contribution in [0.3, 0.4) is 0 Å². The number of unbranched alkanes of at least 4 members (excludes halogenated alkanes) is 2. The lowest BCUT2D eigenvalue weighted by Gasteiger charge is -2.31. The van der Waals surface area contributed by atoms with Crippen LogP contribution in [0.4, 0.5) is 4.79 Å². The van der Waals surface area contributed by atoms with Gasteiger partial charge in [0.2, 0.25) is 76.8 Å². The van der Waals surface area contributed by atoms with Gasteiger partial charge in [0.15, 0.2) is 23.8 Å². The summed E-state index contributed by atoms with van der Waals surface area (Å²) in [7, 11) is 0. The number of carbonyl (C=O) groups is 16. The molecule has 50 nitrogen and oxygen atoms in total. The van der Waals surface area contributed by atoms with Crippen molar-refractivity contribution in [2.45, 2.75) is 232 Å². The number of phenolic OH excluding ortho intramolecular Hbond substituents is 2. The van der Waals surface area contributed by atoms with E-state index < -0.39 is 210 Å². The van der Waals surface area contributed by atoms with E-state index in [0.29, 0.717) is 36.0 Å². The van der Waals surface area contributed by atoms with Gasteiger partial charge in [-0.3, -0.25) is 88.8 Å². The Morgan fingerprint density at radius 3 is 1.08 bits per heavy atom. The highest BCUT2D eigenvalue weighted by Gasteiger charge is 2.42. The Hall–Kier alpha value is -14.3. The molecule has 15 amide bonds. The lowest BCUT2D eigenvalue weighted by Crippen LogP contribution is -2.61. The largest absolute Gasteiger partial charge is 0.508 e. The summed E-state index contributed by atoms with van der Waals surface area (Å²) in [5, 5.41) is 116. The maximum atomic E-state index is 15.3. The summed E-state index contributed by atoms with van der Waals surface area (Å²) in [5.74, 6) is -18.1. The summed E-state index contributed by atoms with van der Waals surface area (Å²) in [5.41, 5.74) is 46.6. The standard InChI is InChI=1S/C89H138N30O20S2/c90-35-5-3-16-57(73(126)112-62(17-4-6-36-91)83(136)119-42-12-22-69(119)82(135)116-65(45-50-26-31-55(121)32-27-50)78(131)111-61(33-34-70(122)123)76(129)109-60(20-10-41-106-89(101)139)75(128)117-67(47-140)80(133)113-63(84(137)138)21-11-40-105-88(99)100)108-72(125)59(19-9-39-104-87(97)98)110-77(130)64(44-49-24-29-54(120)30-25-49)115-81(134)68(48-141)118-79(132)66(46-51-23-28-52-13-1-2-14-53(52)43-51)114-74(127)58(18-8-38-103-86(95)96)107-71(124)56(92)15-7-37-102-85(93)94/h1-2,13-14,23-32,43,56-69,120-121,140-141H,3-12,15-22,33-42,44-48,90-92H2,(H,107,124)(H,108,125)(H,109,129)(H,110,130)(H,111,131)(H,112,126)(H,113,133)(H,114,127)(H,115,134)(H,116,135)(H,117,128)(H,118,132)(H,122,123)(H,137,138)(H4,93,94,102)(H4,95,96,103)(H4,97,98,104)(H4,99,100,105)(H3,101,106,139)/t56-,57-,58-,59-,60-,61-,62+,63-,64-,65-,66-,67-,68-,69-/m0/s1. The molecule has 776 valence electrons. The van der Waals surface area contributed by atoms with Crippen LogP contribution in [0, 0.1) is 21.6 Å². The van der Waals surface area contributed by atoms with Crippen LogP contribution in [0.1, 0.15) is 145 Å². The normalized spacial score (nSPS) is 14.8. The van der Waals surface area contributed by atoms with Crippen molar-refractivity contribution in [2.75, 3.05) is 63.9 Å². The first-order valence-electron chi connectivity index (χ1n) is 46.3. The third kappa shape index (κ3) is 43.8. The van der Waals surface area contributed by atoms with Crippen molar-refractivity contribution >= 4 is 155 Å². The van der Waals surface area contributed by atoms with Crippen LogP contribution in [0.5, 0.6) is 11.5 Å². The number of phenols is 2. The Morgan fingerprint density at radius 1 is 0.362 bits per heavy atom. The number of thiol groups is 2. The molecule has 52 heteroatoms. The van der Waals surface area contributed by atoms with E-state index in [-0.39, 0.29) is 197 Å². The first kappa shape index (κ1) is 117. The van der Waals surface area contributed by atoms with Gasteiger partial charge in [-0.05, 0) is 187 Å². The third-order valence-electron chi connectivity index (χ3n) is 22.6. The summed E-state index contributed by atoms with van der Waals surface area (Å²) in [6.07, 6.45) is -1.55. The number of carboxylic acids is 2. The van der Waals surface area contributed by atoms with Gasteiger partial charge in [-0.1, -0.05) is 66.7 Å². The molecule has 141 heavy (non-hydrogen) atoms. The van der Waals surface area contributed by atoms with E-state index in [9.17, 15) is 73.2 Å². The molecule has 0 saturated carbocycles. The van der Waals surface area contributed by atoms with Gasteiger partial charge in [-0.25, -0.2) is 9.59 Å². The third-order valence-corrected chi connectivity index (χ3v) is 23.3. The molecule has 1 fully saturated rings. The molecule has 0 spiro atoms. The van der Waals surface area contributed by atoms with E-state index in [1.165, 1.54) is 53.4 Å². The summed E-state index contributed by atoms with van der Waals surface area (Å²) in [6, 6.07) is 1.22. The summed E-state index contributed by atoms with van der Waals surface area (Å²) in [4.78, 5) is 229. The molecule has 4 aromatic rings. The van der Waals surface area contributed by atoms with Gasteiger partial charge >= 0.3 is 18.0 Å². The number of hydrogen-bond donors (Lipinski definition) is 35. The molecule has 0 aromatic heterocycles. The van der Waals surface area contributed by atoms with E-state index in [1.54, 1.807) is 24.3 Å². The van der Waals surface area contributed by atoms with Gasteiger partial charge in [0.1, 0.15) is 90.0 Å². The SMILES string of the molecule is N=C(N)NCCC[C@H](NC(=O)[C@H](CS)NC(=O)[C@H](CCCNC(N)=O)NC(=O)[C@H](CCC(=O)O)NC(=O)[C@H](Cc1ccc(O)cc1)NC(=O)[C@@H]1CCCN1C(=O)[C@@H](CCCCN)NC(=O)[C@H](CCCCN)NC(=O)[C@H](CCCNC(=N)N)NC(=O)[C@H](Cc1ccc(O)cc1)NC(=O)[C@H](CS)NC(=O)[C@H](Cc1ccc2ccccc2c1)NC(=O)[C@H](CCCNC(=N)N)NC(=O)[C@@H](N)CCCNC(=N)N)C(=O)O. The number of hydrogen-bond acceptors (Lipinski definition) is 27. The fourth-order valence-corrected chi connectivity index (χ4v) is 15.5. The summed E-state index contributed by atoms with van der Waals surface area (Å²) in [6.45, 7) is 0.344. The lowest BCUT2D eigenvalue weighted by molar-refractivity contribution is -0.143. The number of fused-ring (bicyclic) bond motifs is 1. The second kappa shape index (κ2) is 62.6. The van der Waals surface area contributed by atoms with E-state index in [0.717, 1.165) is 10.8 Å². The predicted molar refractivity (Wildman–Crippen MR) is 529 cm³/mol. The Morgan fingerprint density at radius 2 is 0.681 bits per heavy atom. The molecule has 1 aliphatic rings. The zero-order valence-corrected chi connectivity index (χ0v) is 80.1. The number of nitrogens with two attached hydrogens (primary N) is 8. The first-order chi connectivity index (χ1) is 67.1. The molecule has 1 saturated heterocycles. The Bertz CT molecular complexity index is 4900. The molecule has 41 N–H and O–H groups in total. The molecular weight excluding hydrogens is 1870 g/mol.